The van der Waals surface area contributed by atoms with Crippen molar-refractivity contribution in [2.45, 2.75) is 50.3 Å². The first-order chi connectivity index (χ1) is 21.0. The molecule has 1 saturated heterocycles. The van der Waals surface area contributed by atoms with E-state index in [1.165, 1.54) is 30.3 Å². The molecule has 2 aromatic carbocycles. The Hall–Kier alpha value is -4.70. The van der Waals surface area contributed by atoms with Gasteiger partial charge in [0.1, 0.15) is 17.6 Å². The molecule has 1 aromatic heterocycles. The van der Waals surface area contributed by atoms with Crippen LogP contribution in [0.2, 0.25) is 5.02 Å². The van der Waals surface area contributed by atoms with Crippen LogP contribution in [0, 0.1) is 11.3 Å². The van der Waals surface area contributed by atoms with Gasteiger partial charge in [0.25, 0.3) is 5.92 Å². The summed E-state index contributed by atoms with van der Waals surface area (Å²) in [5.74, 6) is -3.11. The maximum Gasteiger partial charge on any atom is 0.387 e. The van der Waals surface area contributed by atoms with Crippen LogP contribution in [0.1, 0.15) is 42.9 Å². The Labute approximate surface area is 255 Å². The summed E-state index contributed by atoms with van der Waals surface area (Å²) in [6.45, 7) is -2.37. The SMILES string of the molecule is N#Cc1ccnc(N2CCCC2=O)c1.O=CN(c1cccc(OC(F)F)c1)C(C(=O)NC1CC(F)(F)C1)c1ccccc1Cl. The monoisotopic (exact) mass is 631 g/mol. The van der Waals surface area contributed by atoms with Crippen molar-refractivity contribution in [3.05, 3.63) is 83.0 Å². The van der Waals surface area contributed by atoms with Crippen molar-refractivity contribution in [3.8, 4) is 11.8 Å². The molecule has 2 heterocycles. The number of ether oxygens (including phenoxy) is 1. The first-order valence-electron chi connectivity index (χ1n) is 13.4. The molecule has 2 aliphatic rings. The van der Waals surface area contributed by atoms with Crippen molar-refractivity contribution in [3.63, 3.8) is 0 Å². The molecule has 0 bridgehead atoms. The van der Waals surface area contributed by atoms with Gasteiger partial charge in [-0.3, -0.25) is 24.2 Å². The number of anilines is 2. The number of aromatic nitrogens is 1. The highest BCUT2D eigenvalue weighted by Crippen LogP contribution is 2.39. The van der Waals surface area contributed by atoms with E-state index in [-0.39, 0.29) is 27.9 Å². The van der Waals surface area contributed by atoms with Gasteiger partial charge < -0.3 is 10.1 Å². The number of carbonyl (C=O) groups is 3. The molecule has 3 aromatic rings. The molecule has 1 unspecified atom stereocenters. The zero-order chi connectivity index (χ0) is 31.9. The minimum absolute atomic E-state index is 0.0853. The summed E-state index contributed by atoms with van der Waals surface area (Å²) in [5, 5.41) is 11.4. The Kier molecular flexibility index (Phi) is 10.4. The molecule has 1 aliphatic carbocycles. The van der Waals surface area contributed by atoms with Crippen LogP contribution in [-0.2, 0) is 14.4 Å². The summed E-state index contributed by atoms with van der Waals surface area (Å²) < 4.78 is 55.7. The van der Waals surface area contributed by atoms with Gasteiger partial charge in [0, 0.05) is 60.4 Å². The summed E-state index contributed by atoms with van der Waals surface area (Å²) in [6, 6.07) is 14.7. The molecule has 44 heavy (non-hydrogen) atoms. The second-order valence-corrected chi connectivity index (χ2v) is 10.4. The molecule has 3 amide bonds. The van der Waals surface area contributed by atoms with Crippen LogP contribution in [0.5, 0.6) is 5.75 Å². The summed E-state index contributed by atoms with van der Waals surface area (Å²) in [7, 11) is 0. The molecule has 1 atom stereocenters. The van der Waals surface area contributed by atoms with E-state index >= 15 is 0 Å². The second-order valence-electron chi connectivity index (χ2n) is 9.95. The third-order valence-corrected chi connectivity index (χ3v) is 7.19. The first-order valence-corrected chi connectivity index (χ1v) is 13.8. The fraction of sp³-hybridized carbons (Fsp3) is 0.300. The van der Waals surface area contributed by atoms with Gasteiger partial charge in [-0.25, -0.2) is 13.8 Å². The van der Waals surface area contributed by atoms with Gasteiger partial charge in [0.15, 0.2) is 0 Å². The molecule has 1 N–H and O–H groups in total. The Morgan fingerprint density at radius 1 is 1.18 bits per heavy atom. The van der Waals surface area contributed by atoms with E-state index in [0.29, 0.717) is 30.8 Å². The van der Waals surface area contributed by atoms with E-state index in [0.717, 1.165) is 17.4 Å². The maximum atomic E-state index is 13.2. The third-order valence-electron chi connectivity index (χ3n) is 6.84. The van der Waals surface area contributed by atoms with Gasteiger partial charge in [0.2, 0.25) is 18.2 Å². The van der Waals surface area contributed by atoms with Gasteiger partial charge in [-0.2, -0.15) is 14.0 Å². The lowest BCUT2D eigenvalue weighted by Crippen LogP contribution is -2.53. The van der Waals surface area contributed by atoms with Crippen molar-refractivity contribution in [2.24, 2.45) is 0 Å². The zero-order valence-corrected chi connectivity index (χ0v) is 23.8. The molecule has 230 valence electrons. The smallest absolute Gasteiger partial charge is 0.387 e. The number of amides is 3. The molecule has 1 aliphatic heterocycles. The number of halogens is 5. The van der Waals surface area contributed by atoms with Gasteiger partial charge >= 0.3 is 6.61 Å². The van der Waals surface area contributed by atoms with E-state index in [1.807, 2.05) is 6.07 Å². The Morgan fingerprint density at radius 3 is 2.55 bits per heavy atom. The molecule has 0 spiro atoms. The van der Waals surface area contributed by atoms with E-state index in [9.17, 15) is 31.9 Å². The number of nitriles is 1. The number of benzene rings is 2. The quantitative estimate of drug-likeness (QED) is 0.241. The highest BCUT2D eigenvalue weighted by atomic mass is 35.5. The van der Waals surface area contributed by atoms with E-state index in [4.69, 9.17) is 16.9 Å². The molecule has 1 saturated carbocycles. The number of alkyl halides is 4. The standard InChI is InChI=1S/C20H17ClF4N2O3.C10H9N3O/c21-16-7-2-1-6-15(16)17(18(29)26-12-9-20(24,25)10-12)27(11-28)13-4-3-5-14(8-13)30-19(22)23;11-7-8-3-4-12-9(6-8)13-5-1-2-10(13)14/h1-8,11-12,17,19H,9-10H2,(H,26,29);3-4,6H,1-2,5H2. The van der Waals surface area contributed by atoms with Crippen LogP contribution in [-0.4, -0.2) is 48.3 Å². The number of hydrogen-bond acceptors (Lipinski definition) is 6. The summed E-state index contributed by atoms with van der Waals surface area (Å²) in [6.07, 6.45) is 2.33. The molecule has 2 fully saturated rings. The zero-order valence-electron chi connectivity index (χ0n) is 23.0. The predicted molar refractivity (Wildman–Crippen MR) is 152 cm³/mol. The van der Waals surface area contributed by atoms with Gasteiger partial charge in [-0.05, 0) is 36.8 Å². The number of hydrogen-bond donors (Lipinski definition) is 1. The Balaban J connectivity index is 0.000000262. The Morgan fingerprint density at radius 2 is 1.93 bits per heavy atom. The van der Waals surface area contributed by atoms with E-state index < -0.39 is 43.4 Å². The average molecular weight is 632 g/mol. The van der Waals surface area contributed by atoms with Crippen molar-refractivity contribution in [1.82, 2.24) is 10.3 Å². The molecule has 9 nitrogen and oxygen atoms in total. The second kappa shape index (κ2) is 14.2. The molecule has 14 heteroatoms. The topological polar surface area (TPSA) is 116 Å². The van der Waals surface area contributed by atoms with E-state index in [1.54, 1.807) is 35.4 Å². The number of nitrogens with one attached hydrogen (secondary N) is 1. The van der Waals surface area contributed by atoms with Crippen molar-refractivity contribution in [1.29, 1.82) is 5.26 Å². The number of pyridine rings is 1. The van der Waals surface area contributed by atoms with Crippen molar-refractivity contribution >= 4 is 41.3 Å². The lowest BCUT2D eigenvalue weighted by molar-refractivity contribution is -0.131. The minimum atomic E-state index is -3.08. The average Bonchev–Trinajstić information content (AvgIpc) is 3.41. The Bertz CT molecular complexity index is 1550. The fourth-order valence-corrected chi connectivity index (χ4v) is 5.01. The number of rotatable bonds is 9. The molecular weight excluding hydrogens is 606 g/mol. The summed E-state index contributed by atoms with van der Waals surface area (Å²) in [4.78, 5) is 43.0. The maximum absolute atomic E-state index is 13.2. The van der Waals surface area contributed by atoms with Crippen molar-refractivity contribution < 1.29 is 36.7 Å². The third kappa shape index (κ3) is 8.02. The van der Waals surface area contributed by atoms with Crippen LogP contribution in [0.25, 0.3) is 0 Å². The summed E-state index contributed by atoms with van der Waals surface area (Å²) >= 11 is 6.21. The fourth-order valence-electron chi connectivity index (χ4n) is 4.77. The lowest BCUT2D eigenvalue weighted by Gasteiger charge is -2.37. The highest BCUT2D eigenvalue weighted by Gasteiger charge is 2.47. The highest BCUT2D eigenvalue weighted by molar-refractivity contribution is 6.31. The molecular formula is C30H26ClF4N5O4. The van der Waals surface area contributed by atoms with Crippen LogP contribution in [0.15, 0.2) is 66.9 Å². The van der Waals surface area contributed by atoms with E-state index in [2.05, 4.69) is 15.0 Å². The van der Waals surface area contributed by atoms with Crippen LogP contribution in [0.4, 0.5) is 29.1 Å². The molecule has 0 radical (unpaired) electrons. The first kappa shape index (κ1) is 32.2. The normalized spacial score (nSPS) is 16.2. The van der Waals surface area contributed by atoms with Gasteiger partial charge in [-0.1, -0.05) is 35.9 Å². The lowest BCUT2D eigenvalue weighted by atomic mass is 9.87. The van der Waals surface area contributed by atoms with Crippen LogP contribution in [0.3, 0.4) is 0 Å². The number of carbonyl (C=O) groups excluding carboxylic acids is 3. The predicted octanol–water partition coefficient (Wildman–Crippen LogP) is 5.64. The number of nitrogens with zero attached hydrogens (tertiary/aromatic N) is 4. The molecule has 5 rings (SSSR count). The van der Waals surface area contributed by atoms with Crippen LogP contribution >= 0.6 is 11.6 Å². The largest absolute Gasteiger partial charge is 0.435 e. The van der Waals surface area contributed by atoms with Gasteiger partial charge in [-0.15, -0.1) is 0 Å². The van der Waals surface area contributed by atoms with Crippen molar-refractivity contribution in [2.75, 3.05) is 16.3 Å². The summed E-state index contributed by atoms with van der Waals surface area (Å²) in [5.41, 5.74) is 0.867. The van der Waals surface area contributed by atoms with Gasteiger partial charge in [0.05, 0.1) is 11.6 Å². The minimum Gasteiger partial charge on any atom is -0.435 e. The van der Waals surface area contributed by atoms with Crippen LogP contribution < -0.4 is 19.9 Å².